The minimum absolute atomic E-state index is 0.135. The van der Waals surface area contributed by atoms with E-state index in [1.54, 1.807) is 0 Å². The van der Waals surface area contributed by atoms with Gasteiger partial charge in [0.05, 0.1) is 12.2 Å². The summed E-state index contributed by atoms with van der Waals surface area (Å²) in [5.74, 6) is -0.413. The van der Waals surface area contributed by atoms with Crippen LogP contribution in [0.2, 0.25) is 0 Å². The van der Waals surface area contributed by atoms with Crippen molar-refractivity contribution >= 4 is 12.0 Å². The third-order valence-electron chi connectivity index (χ3n) is 2.08. The van der Waals surface area contributed by atoms with E-state index in [-0.39, 0.29) is 13.2 Å². The molecule has 0 saturated carbocycles. The molecule has 2 N–H and O–H groups in total. The number of amides is 1. The maximum absolute atomic E-state index is 12.3. The Labute approximate surface area is 102 Å². The van der Waals surface area contributed by atoms with Gasteiger partial charge in [-0.15, -0.1) is 0 Å². The van der Waals surface area contributed by atoms with E-state index in [2.05, 4.69) is 5.32 Å². The lowest BCUT2D eigenvalue weighted by atomic mass is 10.1. The van der Waals surface area contributed by atoms with E-state index in [0.717, 1.165) is 12.1 Å². The fourth-order valence-corrected chi connectivity index (χ4v) is 1.19. The molecule has 0 aliphatic heterocycles. The van der Waals surface area contributed by atoms with Gasteiger partial charge < -0.3 is 10.4 Å². The molecule has 1 aromatic rings. The smallest absolute Gasteiger partial charge is 0.395 e. The molecule has 3 nitrogen and oxygen atoms in total. The van der Waals surface area contributed by atoms with Gasteiger partial charge in [0.15, 0.2) is 0 Å². The van der Waals surface area contributed by atoms with Crippen molar-refractivity contribution in [2.24, 2.45) is 0 Å². The molecule has 1 aromatic carbocycles. The van der Waals surface area contributed by atoms with Crippen LogP contribution in [0, 0.1) is 0 Å². The first-order chi connectivity index (χ1) is 8.43. The second kappa shape index (κ2) is 6.20. The quantitative estimate of drug-likeness (QED) is 0.810. The number of rotatable bonds is 4. The second-order valence-electron chi connectivity index (χ2n) is 3.47. The van der Waals surface area contributed by atoms with Crippen LogP contribution in [-0.4, -0.2) is 24.2 Å². The Bertz CT molecular complexity index is 424. The zero-order valence-electron chi connectivity index (χ0n) is 9.37. The van der Waals surface area contributed by atoms with Crippen molar-refractivity contribution in [3.05, 3.63) is 41.5 Å². The van der Waals surface area contributed by atoms with Gasteiger partial charge in [0.25, 0.3) is 0 Å². The number of aliphatic hydroxyl groups is 1. The highest BCUT2D eigenvalue weighted by atomic mass is 19.4. The fourth-order valence-electron chi connectivity index (χ4n) is 1.19. The summed E-state index contributed by atoms with van der Waals surface area (Å²) >= 11 is 0. The Balaban J connectivity index is 2.64. The minimum Gasteiger partial charge on any atom is -0.395 e. The number of hydrogen-bond acceptors (Lipinski definition) is 2. The van der Waals surface area contributed by atoms with Gasteiger partial charge in [-0.1, -0.05) is 12.1 Å². The Morgan fingerprint density at radius 2 is 1.89 bits per heavy atom. The predicted octanol–water partition coefficient (Wildman–Crippen LogP) is 1.83. The Morgan fingerprint density at radius 1 is 1.28 bits per heavy atom. The van der Waals surface area contributed by atoms with Crippen LogP contribution < -0.4 is 5.32 Å². The van der Waals surface area contributed by atoms with Crippen LogP contribution in [0.15, 0.2) is 30.3 Å². The average Bonchev–Trinajstić information content (AvgIpc) is 2.33. The van der Waals surface area contributed by atoms with Crippen molar-refractivity contribution in [1.29, 1.82) is 0 Å². The number of carbonyl (C=O) groups is 1. The van der Waals surface area contributed by atoms with Crippen LogP contribution in [0.4, 0.5) is 13.2 Å². The van der Waals surface area contributed by atoms with Gasteiger partial charge in [-0.05, 0) is 23.8 Å². The lowest BCUT2D eigenvalue weighted by molar-refractivity contribution is -0.137. The van der Waals surface area contributed by atoms with Gasteiger partial charge in [-0.3, -0.25) is 4.79 Å². The first-order valence-electron chi connectivity index (χ1n) is 5.17. The summed E-state index contributed by atoms with van der Waals surface area (Å²) in [6.07, 6.45) is -1.77. The molecule has 98 valence electrons. The summed E-state index contributed by atoms with van der Waals surface area (Å²) < 4.78 is 36.8. The summed E-state index contributed by atoms with van der Waals surface area (Å²) in [5, 5.41) is 10.8. The monoisotopic (exact) mass is 259 g/mol. The van der Waals surface area contributed by atoms with Crippen molar-refractivity contribution in [2.75, 3.05) is 13.2 Å². The molecule has 0 bridgehead atoms. The fraction of sp³-hybridized carbons (Fsp3) is 0.250. The zero-order valence-corrected chi connectivity index (χ0v) is 9.37. The van der Waals surface area contributed by atoms with E-state index in [4.69, 9.17) is 5.11 Å². The third-order valence-corrected chi connectivity index (χ3v) is 2.08. The van der Waals surface area contributed by atoms with Crippen LogP contribution in [0.25, 0.3) is 6.08 Å². The Kier molecular flexibility index (Phi) is 4.91. The number of nitrogens with one attached hydrogen (secondary N) is 1. The minimum atomic E-state index is -4.36. The molecule has 0 saturated heterocycles. The second-order valence-corrected chi connectivity index (χ2v) is 3.47. The van der Waals surface area contributed by atoms with Crippen molar-refractivity contribution in [3.63, 3.8) is 0 Å². The lowest BCUT2D eigenvalue weighted by Crippen LogP contribution is -2.24. The molecule has 0 atom stereocenters. The summed E-state index contributed by atoms with van der Waals surface area (Å²) in [7, 11) is 0. The SMILES string of the molecule is O=C(/C=C/c1ccc(C(F)(F)F)cc1)NCCO. The maximum Gasteiger partial charge on any atom is 0.416 e. The highest BCUT2D eigenvalue weighted by molar-refractivity contribution is 5.91. The number of carbonyl (C=O) groups excluding carboxylic acids is 1. The normalized spacial score (nSPS) is 11.8. The number of alkyl halides is 3. The van der Waals surface area contributed by atoms with E-state index in [9.17, 15) is 18.0 Å². The first kappa shape index (κ1) is 14.2. The summed E-state index contributed by atoms with van der Waals surface area (Å²) in [6.45, 7) is -0.0317. The largest absolute Gasteiger partial charge is 0.416 e. The van der Waals surface area contributed by atoms with Crippen LogP contribution >= 0.6 is 0 Å². The molecule has 0 unspecified atom stereocenters. The first-order valence-corrected chi connectivity index (χ1v) is 5.17. The van der Waals surface area contributed by atoms with Gasteiger partial charge in [-0.25, -0.2) is 0 Å². The maximum atomic E-state index is 12.3. The van der Waals surface area contributed by atoms with E-state index >= 15 is 0 Å². The van der Waals surface area contributed by atoms with Crippen molar-refractivity contribution in [2.45, 2.75) is 6.18 Å². The number of hydrogen-bond donors (Lipinski definition) is 2. The van der Waals surface area contributed by atoms with Gasteiger partial charge in [0, 0.05) is 12.6 Å². The molecular formula is C12H12F3NO2. The highest BCUT2D eigenvalue weighted by Gasteiger charge is 2.29. The molecule has 18 heavy (non-hydrogen) atoms. The molecular weight excluding hydrogens is 247 g/mol. The van der Waals surface area contributed by atoms with E-state index < -0.39 is 17.6 Å². The van der Waals surface area contributed by atoms with Crippen molar-refractivity contribution in [3.8, 4) is 0 Å². The molecule has 0 fully saturated rings. The van der Waals surface area contributed by atoms with Gasteiger partial charge in [-0.2, -0.15) is 13.2 Å². The summed E-state index contributed by atoms with van der Waals surface area (Å²) in [6, 6.07) is 4.45. The van der Waals surface area contributed by atoms with Crippen molar-refractivity contribution in [1.82, 2.24) is 5.32 Å². The van der Waals surface area contributed by atoms with Crippen LogP contribution in [0.3, 0.4) is 0 Å². The highest BCUT2D eigenvalue weighted by Crippen LogP contribution is 2.29. The summed E-state index contributed by atoms with van der Waals surface area (Å²) in [5.41, 5.74) is -0.244. The van der Waals surface area contributed by atoms with Gasteiger partial charge >= 0.3 is 6.18 Å². The molecule has 0 radical (unpaired) electrons. The van der Waals surface area contributed by atoms with Crippen LogP contribution in [-0.2, 0) is 11.0 Å². The van der Waals surface area contributed by atoms with E-state index in [1.165, 1.54) is 24.3 Å². The molecule has 1 amide bonds. The van der Waals surface area contributed by atoms with Crippen molar-refractivity contribution < 1.29 is 23.1 Å². The standard InChI is InChI=1S/C12H12F3NO2/c13-12(14,15)10-4-1-9(2-5-10)3-6-11(18)16-7-8-17/h1-6,17H,7-8H2,(H,16,18)/b6-3+. The van der Waals surface area contributed by atoms with Crippen LogP contribution in [0.1, 0.15) is 11.1 Å². The lowest BCUT2D eigenvalue weighted by Gasteiger charge is -2.05. The molecule has 0 aliphatic rings. The molecule has 0 heterocycles. The van der Waals surface area contributed by atoms with E-state index in [0.29, 0.717) is 5.56 Å². The zero-order chi connectivity index (χ0) is 13.6. The average molecular weight is 259 g/mol. The molecule has 0 aromatic heterocycles. The number of halogens is 3. The Hall–Kier alpha value is -1.82. The topological polar surface area (TPSA) is 49.3 Å². The molecule has 0 aliphatic carbocycles. The van der Waals surface area contributed by atoms with Crippen LogP contribution in [0.5, 0.6) is 0 Å². The molecule has 6 heteroatoms. The predicted molar refractivity (Wildman–Crippen MR) is 60.6 cm³/mol. The van der Waals surface area contributed by atoms with E-state index in [1.807, 2.05) is 0 Å². The van der Waals surface area contributed by atoms with Gasteiger partial charge in [0.2, 0.25) is 5.91 Å². The third kappa shape index (κ3) is 4.58. The Morgan fingerprint density at radius 3 is 2.39 bits per heavy atom. The molecule has 0 spiro atoms. The number of benzene rings is 1. The summed E-state index contributed by atoms with van der Waals surface area (Å²) in [4.78, 5) is 11.1. The molecule has 1 rings (SSSR count). The number of aliphatic hydroxyl groups excluding tert-OH is 1. The van der Waals surface area contributed by atoms with Gasteiger partial charge in [0.1, 0.15) is 0 Å².